The summed E-state index contributed by atoms with van der Waals surface area (Å²) >= 11 is 5.97. The summed E-state index contributed by atoms with van der Waals surface area (Å²) in [5.41, 5.74) is 2.75. The highest BCUT2D eigenvalue weighted by Gasteiger charge is 2.49. The minimum absolute atomic E-state index is 0.0220. The summed E-state index contributed by atoms with van der Waals surface area (Å²) in [6, 6.07) is 13.3. The maximum Gasteiger partial charge on any atom is 0.256 e. The van der Waals surface area contributed by atoms with Gasteiger partial charge >= 0.3 is 0 Å². The molecular formula is C21H20ClNO4. The van der Waals surface area contributed by atoms with Gasteiger partial charge in [0, 0.05) is 17.9 Å². The molecule has 2 atom stereocenters. The summed E-state index contributed by atoms with van der Waals surface area (Å²) in [5.74, 6) is -0.357. The molecule has 0 saturated carbocycles. The van der Waals surface area contributed by atoms with E-state index in [0.717, 1.165) is 16.7 Å². The first-order chi connectivity index (χ1) is 12.9. The summed E-state index contributed by atoms with van der Waals surface area (Å²) in [4.78, 5) is 12.7. The van der Waals surface area contributed by atoms with Crippen LogP contribution in [0.1, 0.15) is 24.0 Å². The van der Waals surface area contributed by atoms with Crippen molar-refractivity contribution in [3.05, 3.63) is 64.4 Å². The van der Waals surface area contributed by atoms with Crippen molar-refractivity contribution in [2.45, 2.75) is 31.6 Å². The van der Waals surface area contributed by atoms with Crippen LogP contribution in [0.15, 0.2) is 48.2 Å². The number of ether oxygens (including phenoxy) is 1. The molecule has 27 heavy (non-hydrogen) atoms. The average Bonchev–Trinajstić information content (AvgIpc) is 2.86. The van der Waals surface area contributed by atoms with Gasteiger partial charge in [-0.15, -0.1) is 0 Å². The number of rotatable bonds is 2. The number of hydrogen-bond acceptors (Lipinski definition) is 4. The monoisotopic (exact) mass is 385 g/mol. The number of aryl methyl sites for hydroxylation is 1. The molecule has 0 aromatic heterocycles. The van der Waals surface area contributed by atoms with Crippen molar-refractivity contribution in [3.8, 4) is 11.1 Å². The lowest BCUT2D eigenvalue weighted by Gasteiger charge is -2.35. The molecule has 5 nitrogen and oxygen atoms in total. The van der Waals surface area contributed by atoms with E-state index < -0.39 is 11.8 Å². The number of halogens is 1. The highest BCUT2D eigenvalue weighted by atomic mass is 35.5. The first-order valence-corrected chi connectivity index (χ1v) is 9.20. The number of amides is 1. The summed E-state index contributed by atoms with van der Waals surface area (Å²) in [6.07, 6.45) is -0.465. The van der Waals surface area contributed by atoms with E-state index in [0.29, 0.717) is 17.0 Å². The molecule has 1 fully saturated rings. The maximum atomic E-state index is 12.7. The van der Waals surface area contributed by atoms with Gasteiger partial charge in [-0.2, -0.15) is 0 Å². The molecule has 2 unspecified atom stereocenters. The Morgan fingerprint density at radius 3 is 2.59 bits per heavy atom. The fourth-order valence-electron chi connectivity index (χ4n) is 3.81. The van der Waals surface area contributed by atoms with Crippen LogP contribution in [-0.4, -0.2) is 34.6 Å². The van der Waals surface area contributed by atoms with Crippen molar-refractivity contribution < 1.29 is 19.7 Å². The molecule has 6 heteroatoms. The van der Waals surface area contributed by atoms with Gasteiger partial charge in [-0.3, -0.25) is 4.79 Å². The number of nitrogens with one attached hydrogen (secondary N) is 1. The van der Waals surface area contributed by atoms with Gasteiger partial charge in [0.25, 0.3) is 5.91 Å². The molecule has 1 amide bonds. The van der Waals surface area contributed by atoms with Crippen LogP contribution in [0, 0.1) is 6.92 Å². The fraction of sp³-hybridized carbons (Fsp3) is 0.286. The fourth-order valence-corrected chi connectivity index (χ4v) is 3.93. The summed E-state index contributed by atoms with van der Waals surface area (Å²) in [7, 11) is 0. The van der Waals surface area contributed by atoms with Crippen molar-refractivity contribution in [1.29, 1.82) is 0 Å². The predicted molar refractivity (Wildman–Crippen MR) is 103 cm³/mol. The number of hydrogen-bond donors (Lipinski definition) is 3. The zero-order chi connectivity index (χ0) is 19.2. The van der Waals surface area contributed by atoms with Crippen LogP contribution in [0.3, 0.4) is 0 Å². The van der Waals surface area contributed by atoms with E-state index in [1.807, 2.05) is 49.4 Å². The molecular weight excluding hydrogens is 366 g/mol. The van der Waals surface area contributed by atoms with E-state index in [4.69, 9.17) is 16.3 Å². The predicted octanol–water partition coefficient (Wildman–Crippen LogP) is 3.58. The zero-order valence-corrected chi connectivity index (χ0v) is 15.6. The van der Waals surface area contributed by atoms with E-state index in [1.54, 1.807) is 0 Å². The number of aliphatic hydroxyl groups excluding tert-OH is 2. The first-order valence-electron chi connectivity index (χ1n) is 8.82. The van der Waals surface area contributed by atoms with Crippen LogP contribution in [0.4, 0.5) is 0 Å². The first kappa shape index (κ1) is 18.0. The van der Waals surface area contributed by atoms with E-state index in [-0.39, 0.29) is 30.3 Å². The highest BCUT2D eigenvalue weighted by molar-refractivity contribution is 6.30. The van der Waals surface area contributed by atoms with Gasteiger partial charge < -0.3 is 20.3 Å². The van der Waals surface area contributed by atoms with Gasteiger partial charge in [-0.25, -0.2) is 0 Å². The van der Waals surface area contributed by atoms with E-state index in [1.165, 1.54) is 0 Å². The number of carbonyl (C=O) groups is 1. The van der Waals surface area contributed by atoms with E-state index in [2.05, 4.69) is 5.32 Å². The van der Waals surface area contributed by atoms with Crippen LogP contribution >= 0.6 is 11.6 Å². The van der Waals surface area contributed by atoms with E-state index >= 15 is 0 Å². The van der Waals surface area contributed by atoms with Gasteiger partial charge in [-0.1, -0.05) is 35.9 Å². The lowest BCUT2D eigenvalue weighted by molar-refractivity contribution is -0.147. The molecule has 3 N–H and O–H groups in total. The van der Waals surface area contributed by atoms with Gasteiger partial charge in [0.05, 0.1) is 12.2 Å². The molecule has 2 aliphatic rings. The Morgan fingerprint density at radius 2 is 1.89 bits per heavy atom. The molecule has 2 aromatic carbocycles. The van der Waals surface area contributed by atoms with Crippen molar-refractivity contribution in [3.63, 3.8) is 0 Å². The second kappa shape index (κ2) is 6.68. The quantitative estimate of drug-likeness (QED) is 0.738. The smallest absolute Gasteiger partial charge is 0.256 e. The van der Waals surface area contributed by atoms with Crippen molar-refractivity contribution in [1.82, 2.24) is 5.32 Å². The number of benzene rings is 2. The van der Waals surface area contributed by atoms with Crippen LogP contribution in [0.25, 0.3) is 16.7 Å². The average molecular weight is 386 g/mol. The second-order valence-electron chi connectivity index (χ2n) is 7.08. The Kier molecular flexibility index (Phi) is 4.46. The van der Waals surface area contributed by atoms with Crippen LogP contribution in [0.2, 0.25) is 5.02 Å². The van der Waals surface area contributed by atoms with Gasteiger partial charge in [0.2, 0.25) is 0 Å². The third-order valence-electron chi connectivity index (χ3n) is 5.32. The Bertz CT molecular complexity index is 938. The summed E-state index contributed by atoms with van der Waals surface area (Å²) in [6.45, 7) is 2.17. The third-order valence-corrected chi connectivity index (χ3v) is 5.57. The van der Waals surface area contributed by atoms with Crippen LogP contribution < -0.4 is 5.32 Å². The molecule has 0 bridgehead atoms. The zero-order valence-electron chi connectivity index (χ0n) is 14.8. The minimum atomic E-state index is -1.01. The van der Waals surface area contributed by atoms with Gasteiger partial charge in [0.15, 0.2) is 6.29 Å². The standard InChI is InChI=1S/C21H20ClNO4/c1-12-2-3-14(13-4-6-15(22)7-5-13)10-16(12)18-19(25)21(23-20(18)26)8-9-27-17(24)11-21/h2-7,10,17,24-25H,8-9,11H2,1H3,(H,23,26). The molecule has 140 valence electrons. The Morgan fingerprint density at radius 1 is 1.19 bits per heavy atom. The largest absolute Gasteiger partial charge is 0.509 e. The van der Waals surface area contributed by atoms with Crippen LogP contribution in [0.5, 0.6) is 0 Å². The van der Waals surface area contributed by atoms with Gasteiger partial charge in [0.1, 0.15) is 11.3 Å². The summed E-state index contributed by atoms with van der Waals surface area (Å²) < 4.78 is 5.16. The third kappa shape index (κ3) is 3.12. The normalized spacial score (nSPS) is 25.1. The molecule has 1 saturated heterocycles. The Balaban J connectivity index is 1.80. The lowest BCUT2D eigenvalue weighted by atomic mass is 9.86. The number of aliphatic hydroxyl groups is 2. The molecule has 4 rings (SSSR count). The minimum Gasteiger partial charge on any atom is -0.509 e. The van der Waals surface area contributed by atoms with Crippen molar-refractivity contribution >= 4 is 23.1 Å². The highest BCUT2D eigenvalue weighted by Crippen LogP contribution is 2.40. The van der Waals surface area contributed by atoms with Gasteiger partial charge in [-0.05, 0) is 47.4 Å². The molecule has 1 spiro atoms. The Labute approximate surface area is 162 Å². The SMILES string of the molecule is Cc1ccc(-c2ccc(Cl)cc2)cc1C1=C(O)C2(CCOC(O)C2)NC1=O. The summed E-state index contributed by atoms with van der Waals surface area (Å²) in [5, 5.41) is 24.3. The van der Waals surface area contributed by atoms with E-state index in [9.17, 15) is 15.0 Å². The topological polar surface area (TPSA) is 78.8 Å². The second-order valence-corrected chi connectivity index (χ2v) is 7.51. The molecule has 2 heterocycles. The molecule has 2 aliphatic heterocycles. The lowest BCUT2D eigenvalue weighted by Crippen LogP contribution is -2.51. The molecule has 0 aliphatic carbocycles. The Hall–Kier alpha value is -2.34. The maximum absolute atomic E-state index is 12.7. The molecule has 0 radical (unpaired) electrons. The van der Waals surface area contributed by atoms with Crippen LogP contribution in [-0.2, 0) is 9.53 Å². The number of carbonyl (C=O) groups excluding carboxylic acids is 1. The molecule has 2 aromatic rings. The van der Waals surface area contributed by atoms with Crippen molar-refractivity contribution in [2.75, 3.05) is 6.61 Å². The van der Waals surface area contributed by atoms with Crippen molar-refractivity contribution in [2.24, 2.45) is 0 Å².